The average Bonchev–Trinajstić information content (AvgIpc) is 3.26. The van der Waals surface area contributed by atoms with Gasteiger partial charge < -0.3 is 30.5 Å². The summed E-state index contributed by atoms with van der Waals surface area (Å²) in [5.41, 5.74) is 5.49. The van der Waals surface area contributed by atoms with Gasteiger partial charge in [0, 0.05) is 34.5 Å². The number of hydrogen-bond donors (Lipinski definition) is 2. The second-order valence-electron chi connectivity index (χ2n) is 7.94. The summed E-state index contributed by atoms with van der Waals surface area (Å²) < 4.78 is 0. The number of carboxylic acids is 1. The van der Waals surface area contributed by atoms with E-state index in [2.05, 4.69) is 9.88 Å². The van der Waals surface area contributed by atoms with Crippen LogP contribution in [0.15, 0.2) is 16.0 Å². The molecule has 4 rings (SSSR count). The van der Waals surface area contributed by atoms with E-state index in [4.69, 9.17) is 5.73 Å². The van der Waals surface area contributed by atoms with Gasteiger partial charge in [0.1, 0.15) is 5.69 Å². The molecule has 0 spiro atoms. The number of primary amides is 1. The fraction of sp³-hybridized carbons (Fsp3) is 0.579. The van der Waals surface area contributed by atoms with Gasteiger partial charge in [-0.05, 0) is 19.8 Å². The number of nitrogens with zero attached hydrogens (tertiary/aromatic N) is 3. The molecule has 3 aliphatic rings. The summed E-state index contributed by atoms with van der Waals surface area (Å²) in [5, 5.41) is 24.4. The van der Waals surface area contributed by atoms with E-state index in [1.165, 1.54) is 28.0 Å². The standard InChI is InChI=1S/C19H24N4O5S2.Na/c1-8-13-12(9(2)24)17(26)23(13)14(18(27)28)15(8)30-10-3-5-22(6-4-10)19-21-11(7-29-19)16(20)25;/h7-10,12-13,24H,3-6H2,1-2H3,(H2,20,25)(H,27,28);/q;+1/p-1/t8-,9-,12-,13-;/m1./s1. The molecule has 0 unspecified atom stereocenters. The monoisotopic (exact) mass is 474 g/mol. The number of thioether (sulfide) groups is 1. The molecule has 2 fully saturated rings. The Labute approximate surface area is 210 Å². The van der Waals surface area contributed by atoms with Gasteiger partial charge in [-0.15, -0.1) is 23.1 Å². The van der Waals surface area contributed by atoms with Crippen molar-refractivity contribution in [1.82, 2.24) is 9.88 Å². The second kappa shape index (κ2) is 9.40. The number of carbonyl (C=O) groups is 3. The molecule has 31 heavy (non-hydrogen) atoms. The van der Waals surface area contributed by atoms with Crippen LogP contribution >= 0.6 is 23.1 Å². The van der Waals surface area contributed by atoms with Crippen molar-refractivity contribution in [3.8, 4) is 0 Å². The first-order valence-electron chi connectivity index (χ1n) is 9.84. The van der Waals surface area contributed by atoms with E-state index < -0.39 is 23.9 Å². The summed E-state index contributed by atoms with van der Waals surface area (Å²) in [7, 11) is 0. The van der Waals surface area contributed by atoms with Gasteiger partial charge in [-0.1, -0.05) is 6.92 Å². The Morgan fingerprint density at radius 2 is 2.03 bits per heavy atom. The molecule has 0 saturated carbocycles. The zero-order valence-electron chi connectivity index (χ0n) is 17.6. The Morgan fingerprint density at radius 3 is 2.55 bits per heavy atom. The molecule has 12 heteroatoms. The third kappa shape index (κ3) is 4.28. The summed E-state index contributed by atoms with van der Waals surface area (Å²) in [6.07, 6.45) is 0.802. The summed E-state index contributed by atoms with van der Waals surface area (Å²) in [5.74, 6) is -2.97. The molecule has 0 radical (unpaired) electrons. The molecule has 3 aliphatic heterocycles. The van der Waals surface area contributed by atoms with Crippen molar-refractivity contribution >= 4 is 46.0 Å². The quantitative estimate of drug-likeness (QED) is 0.324. The van der Waals surface area contributed by atoms with Crippen LogP contribution in [0.2, 0.25) is 0 Å². The first kappa shape index (κ1) is 24.5. The molecular weight excluding hydrogens is 451 g/mol. The van der Waals surface area contributed by atoms with Crippen molar-refractivity contribution in [2.75, 3.05) is 18.0 Å². The first-order chi connectivity index (χ1) is 14.2. The fourth-order valence-corrected chi connectivity index (χ4v) is 6.86. The Hall–Kier alpha value is -1.11. The van der Waals surface area contributed by atoms with E-state index in [1.807, 2.05) is 6.92 Å². The van der Waals surface area contributed by atoms with Gasteiger partial charge in [-0.3, -0.25) is 9.59 Å². The summed E-state index contributed by atoms with van der Waals surface area (Å²) >= 11 is 2.89. The zero-order valence-corrected chi connectivity index (χ0v) is 21.2. The van der Waals surface area contributed by atoms with E-state index in [1.54, 1.807) is 12.3 Å². The molecule has 4 atom stereocenters. The number of aliphatic hydroxyl groups is 1. The number of fused-ring (bicyclic) bond motifs is 1. The number of aliphatic hydroxyl groups excluding tert-OH is 1. The molecule has 162 valence electrons. The number of carbonyl (C=O) groups excluding carboxylic acids is 3. The number of aromatic nitrogens is 1. The van der Waals surface area contributed by atoms with Crippen LogP contribution in [0.25, 0.3) is 0 Å². The number of aliphatic carboxylic acids is 1. The molecule has 4 heterocycles. The zero-order chi connectivity index (χ0) is 21.7. The summed E-state index contributed by atoms with van der Waals surface area (Å²) in [6, 6.07) is -0.324. The number of β-lactam (4-membered cyclic amide) rings is 1. The van der Waals surface area contributed by atoms with Crippen LogP contribution in [0.5, 0.6) is 0 Å². The van der Waals surface area contributed by atoms with Gasteiger partial charge in [0.2, 0.25) is 5.91 Å². The van der Waals surface area contributed by atoms with Crippen LogP contribution in [0.1, 0.15) is 37.2 Å². The van der Waals surface area contributed by atoms with Crippen LogP contribution in [-0.4, -0.2) is 63.3 Å². The van der Waals surface area contributed by atoms with E-state index in [0.717, 1.165) is 31.1 Å². The normalized spacial score (nSPS) is 26.9. The van der Waals surface area contributed by atoms with E-state index in [9.17, 15) is 24.6 Å². The van der Waals surface area contributed by atoms with Crippen molar-refractivity contribution in [2.45, 2.75) is 44.1 Å². The maximum absolute atomic E-state index is 12.4. The van der Waals surface area contributed by atoms with Crippen LogP contribution in [0.4, 0.5) is 5.13 Å². The van der Waals surface area contributed by atoms with Crippen LogP contribution < -0.4 is 45.3 Å². The average molecular weight is 475 g/mol. The molecule has 9 nitrogen and oxygen atoms in total. The van der Waals surface area contributed by atoms with Gasteiger partial charge in [0.05, 0.1) is 29.7 Å². The maximum atomic E-state index is 12.4. The third-order valence-electron chi connectivity index (χ3n) is 6.05. The number of amides is 2. The number of hydrogen-bond acceptors (Lipinski definition) is 9. The molecule has 0 bridgehead atoms. The minimum Gasteiger partial charge on any atom is -0.543 e. The number of thiazole rings is 1. The number of anilines is 1. The number of rotatable bonds is 6. The van der Waals surface area contributed by atoms with Crippen LogP contribution in [0.3, 0.4) is 0 Å². The third-order valence-corrected chi connectivity index (χ3v) is 8.58. The molecule has 0 aromatic carbocycles. The summed E-state index contributed by atoms with van der Waals surface area (Å²) in [4.78, 5) is 43.8. The Morgan fingerprint density at radius 1 is 1.39 bits per heavy atom. The number of nitrogens with two attached hydrogens (primary N) is 1. The van der Waals surface area contributed by atoms with Crippen molar-refractivity contribution in [2.24, 2.45) is 17.6 Å². The van der Waals surface area contributed by atoms with Crippen molar-refractivity contribution in [3.05, 3.63) is 21.7 Å². The molecule has 3 N–H and O–H groups in total. The Kier molecular flexibility index (Phi) is 7.44. The largest absolute Gasteiger partial charge is 1.00 e. The van der Waals surface area contributed by atoms with E-state index >= 15 is 0 Å². The van der Waals surface area contributed by atoms with E-state index in [0.29, 0.717) is 4.91 Å². The minimum atomic E-state index is -1.34. The van der Waals surface area contributed by atoms with Crippen molar-refractivity contribution < 1.29 is 54.2 Å². The molecule has 1 aromatic rings. The van der Waals surface area contributed by atoms with Crippen molar-refractivity contribution in [3.63, 3.8) is 0 Å². The number of piperidine rings is 1. The topological polar surface area (TPSA) is 140 Å². The predicted octanol–water partition coefficient (Wildman–Crippen LogP) is -3.23. The van der Waals surface area contributed by atoms with Crippen LogP contribution in [-0.2, 0) is 9.59 Å². The smallest absolute Gasteiger partial charge is 0.543 e. The molecule has 2 saturated heterocycles. The summed E-state index contributed by atoms with van der Waals surface area (Å²) in [6.45, 7) is 4.93. The van der Waals surface area contributed by atoms with Gasteiger partial charge in [-0.2, -0.15) is 0 Å². The van der Waals surface area contributed by atoms with E-state index in [-0.39, 0.29) is 64.1 Å². The van der Waals surface area contributed by atoms with Gasteiger partial charge in [0.25, 0.3) is 5.91 Å². The first-order valence-corrected chi connectivity index (χ1v) is 11.6. The molecule has 0 aliphatic carbocycles. The fourth-order valence-electron chi connectivity index (χ4n) is 4.54. The predicted molar refractivity (Wildman–Crippen MR) is 110 cm³/mol. The molecule has 1 aromatic heterocycles. The van der Waals surface area contributed by atoms with Crippen LogP contribution in [0, 0.1) is 11.8 Å². The number of carboxylic acid groups (broad SMARTS) is 1. The molecular formula is C19H23N4NaO5S2. The molecule has 2 amide bonds. The van der Waals surface area contributed by atoms with Crippen molar-refractivity contribution in [1.29, 1.82) is 0 Å². The second-order valence-corrected chi connectivity index (χ2v) is 10.1. The SMILES string of the molecule is C[C@@H](O)[C@H]1C(=O)N2C(C(=O)[O-])=C(SC3CCN(c4nc(C(N)=O)cs4)CC3)[C@H](C)[C@H]12.[Na+]. The van der Waals surface area contributed by atoms with Gasteiger partial charge in [0.15, 0.2) is 5.13 Å². The minimum absolute atomic E-state index is 0. The van der Waals surface area contributed by atoms with Gasteiger partial charge >= 0.3 is 29.6 Å². The Bertz CT molecular complexity index is 928. The Balaban J connectivity index is 0.00000272. The van der Waals surface area contributed by atoms with Gasteiger partial charge in [-0.25, -0.2) is 4.98 Å². The maximum Gasteiger partial charge on any atom is 1.00 e.